The van der Waals surface area contributed by atoms with Gasteiger partial charge >= 0.3 is 0 Å². The molecule has 0 heterocycles. The van der Waals surface area contributed by atoms with Crippen molar-refractivity contribution < 1.29 is 0 Å². The molecule has 0 aliphatic carbocycles. The Morgan fingerprint density at radius 1 is 1.62 bits per heavy atom. The van der Waals surface area contributed by atoms with Crippen LogP contribution >= 0.6 is 0 Å². The van der Waals surface area contributed by atoms with Gasteiger partial charge in [0.25, 0.3) is 0 Å². The number of nitrogens with two attached hydrogens (primary N) is 1. The van der Waals surface area contributed by atoms with Crippen molar-refractivity contribution in [2.75, 3.05) is 6.54 Å². The smallest absolute Gasteiger partial charge is 0.0252 e. The maximum Gasteiger partial charge on any atom is 0.0252 e. The second-order valence-electron chi connectivity index (χ2n) is 2.11. The Labute approximate surface area is 51.2 Å². The minimum Gasteiger partial charge on any atom is -0.326 e. The summed E-state index contributed by atoms with van der Waals surface area (Å²) in [6.45, 7) is 2.51. The fraction of sp³-hybridized carbons (Fsp3) is 1.00. The van der Waals surface area contributed by atoms with Gasteiger partial charge in [0.1, 0.15) is 0 Å². The summed E-state index contributed by atoms with van der Waals surface area (Å²) in [5.74, 6) is 0. The lowest BCUT2D eigenvalue weighted by Crippen LogP contribution is -2.24. The molecule has 1 radical (unpaired) electrons. The zero-order chi connectivity index (χ0) is 6.41. The molecule has 0 fully saturated rings. The highest BCUT2D eigenvalue weighted by molar-refractivity contribution is 4.59. The van der Waals surface area contributed by atoms with E-state index in [4.69, 9.17) is 11.5 Å². The van der Waals surface area contributed by atoms with E-state index in [1.165, 1.54) is 12.8 Å². The summed E-state index contributed by atoms with van der Waals surface area (Å²) in [5.41, 5.74) is 12.3. The predicted octanol–water partition coefficient (Wildman–Crippen LogP) is 0.787. The zero-order valence-corrected chi connectivity index (χ0v) is 5.48. The Morgan fingerprint density at radius 2 is 2.25 bits per heavy atom. The Balaban J connectivity index is 2.86. The van der Waals surface area contributed by atoms with Crippen molar-refractivity contribution in [3.63, 3.8) is 0 Å². The van der Waals surface area contributed by atoms with E-state index in [2.05, 4.69) is 6.92 Å². The zero-order valence-electron chi connectivity index (χ0n) is 5.48. The number of unbranched alkanes of at least 4 members (excludes halogenated alkanes) is 1. The number of rotatable bonds is 4. The molecule has 3 N–H and O–H groups in total. The van der Waals surface area contributed by atoms with E-state index in [1.807, 2.05) is 0 Å². The summed E-state index contributed by atoms with van der Waals surface area (Å²) in [4.78, 5) is 0. The fourth-order valence-electron chi connectivity index (χ4n) is 0.568. The van der Waals surface area contributed by atoms with E-state index in [0.29, 0.717) is 6.54 Å². The lowest BCUT2D eigenvalue weighted by Gasteiger charge is -2.04. The molecule has 49 valence electrons. The van der Waals surface area contributed by atoms with Gasteiger partial charge in [-0.1, -0.05) is 19.8 Å². The molecule has 0 aliphatic rings. The molecule has 0 spiro atoms. The molecule has 0 rings (SSSR count). The van der Waals surface area contributed by atoms with Gasteiger partial charge in [0.15, 0.2) is 0 Å². The van der Waals surface area contributed by atoms with Crippen LogP contribution in [0.5, 0.6) is 0 Å². The quantitative estimate of drug-likeness (QED) is 0.578. The maximum absolute atomic E-state index is 6.86. The molecule has 2 heteroatoms. The van der Waals surface area contributed by atoms with E-state index in [1.54, 1.807) is 0 Å². The molecule has 0 saturated heterocycles. The van der Waals surface area contributed by atoms with E-state index in [9.17, 15) is 0 Å². The third-order valence-corrected chi connectivity index (χ3v) is 1.19. The van der Waals surface area contributed by atoms with Crippen LogP contribution in [0.15, 0.2) is 0 Å². The van der Waals surface area contributed by atoms with Crippen molar-refractivity contribution >= 4 is 0 Å². The molecule has 0 aromatic heterocycles. The van der Waals surface area contributed by atoms with E-state index < -0.39 is 0 Å². The SMILES string of the molecule is CCCCC(N)C[NH]. The van der Waals surface area contributed by atoms with Crippen molar-refractivity contribution in [1.82, 2.24) is 5.73 Å². The lowest BCUT2D eigenvalue weighted by molar-refractivity contribution is 0.579. The van der Waals surface area contributed by atoms with Crippen LogP contribution in [0.3, 0.4) is 0 Å². The molecule has 0 aromatic rings. The van der Waals surface area contributed by atoms with E-state index in [0.717, 1.165) is 6.42 Å². The third kappa shape index (κ3) is 4.09. The van der Waals surface area contributed by atoms with Gasteiger partial charge in [-0.05, 0) is 6.42 Å². The molecule has 0 amide bonds. The predicted molar refractivity (Wildman–Crippen MR) is 35.5 cm³/mol. The lowest BCUT2D eigenvalue weighted by atomic mass is 10.1. The van der Waals surface area contributed by atoms with Crippen molar-refractivity contribution in [3.8, 4) is 0 Å². The Kier molecular flexibility index (Phi) is 5.01. The second-order valence-corrected chi connectivity index (χ2v) is 2.11. The maximum atomic E-state index is 6.86. The van der Waals surface area contributed by atoms with Crippen molar-refractivity contribution in [1.29, 1.82) is 0 Å². The average Bonchev–Trinajstić information content (AvgIpc) is 1.83. The van der Waals surface area contributed by atoms with Gasteiger partial charge < -0.3 is 5.73 Å². The van der Waals surface area contributed by atoms with Gasteiger partial charge in [0.05, 0.1) is 0 Å². The van der Waals surface area contributed by atoms with Crippen LogP contribution < -0.4 is 11.5 Å². The number of hydrogen-bond donors (Lipinski definition) is 1. The van der Waals surface area contributed by atoms with Crippen LogP contribution in [0.2, 0.25) is 0 Å². The number of nitrogens with one attached hydrogen (secondary N) is 1. The van der Waals surface area contributed by atoms with Crippen LogP contribution in [-0.2, 0) is 0 Å². The first-order valence-electron chi connectivity index (χ1n) is 3.21. The van der Waals surface area contributed by atoms with Crippen molar-refractivity contribution in [3.05, 3.63) is 0 Å². The summed E-state index contributed by atoms with van der Waals surface area (Å²) in [7, 11) is 0. The van der Waals surface area contributed by atoms with Gasteiger partial charge in [0.2, 0.25) is 0 Å². The third-order valence-electron chi connectivity index (χ3n) is 1.19. The normalized spacial score (nSPS) is 13.9. The first-order chi connectivity index (χ1) is 3.81. The van der Waals surface area contributed by atoms with E-state index >= 15 is 0 Å². The van der Waals surface area contributed by atoms with Crippen LogP contribution in [0.1, 0.15) is 26.2 Å². The molecular formula is C6H15N2. The molecule has 0 saturated carbocycles. The largest absolute Gasteiger partial charge is 0.326 e. The second kappa shape index (κ2) is 5.06. The van der Waals surface area contributed by atoms with Crippen molar-refractivity contribution in [2.24, 2.45) is 5.73 Å². The van der Waals surface area contributed by atoms with Gasteiger partial charge in [0, 0.05) is 12.6 Å². The summed E-state index contributed by atoms with van der Waals surface area (Å²) in [5, 5.41) is 0. The molecule has 8 heavy (non-hydrogen) atoms. The Bertz CT molecular complexity index is 45.8. The number of hydrogen-bond acceptors (Lipinski definition) is 1. The summed E-state index contributed by atoms with van der Waals surface area (Å²) < 4.78 is 0. The Morgan fingerprint density at radius 3 is 2.62 bits per heavy atom. The highest BCUT2D eigenvalue weighted by Crippen LogP contribution is 1.95. The van der Waals surface area contributed by atoms with Crippen molar-refractivity contribution in [2.45, 2.75) is 32.2 Å². The summed E-state index contributed by atoms with van der Waals surface area (Å²) in [6.07, 6.45) is 3.37. The van der Waals surface area contributed by atoms with Crippen LogP contribution in [-0.4, -0.2) is 12.6 Å². The monoisotopic (exact) mass is 115 g/mol. The molecule has 2 nitrogen and oxygen atoms in total. The first-order valence-corrected chi connectivity index (χ1v) is 3.21. The first kappa shape index (κ1) is 7.92. The average molecular weight is 115 g/mol. The summed E-state index contributed by atoms with van der Waals surface area (Å²) in [6, 6.07) is 0.120. The Hall–Kier alpha value is -0.0800. The minimum absolute atomic E-state index is 0.120. The van der Waals surface area contributed by atoms with Gasteiger partial charge in [-0.25, -0.2) is 0 Å². The van der Waals surface area contributed by atoms with Crippen LogP contribution in [0.25, 0.3) is 0 Å². The highest BCUT2D eigenvalue weighted by Gasteiger charge is 1.95. The minimum atomic E-state index is 0.120. The molecule has 0 bridgehead atoms. The van der Waals surface area contributed by atoms with Gasteiger partial charge in [-0.3, -0.25) is 5.73 Å². The highest BCUT2D eigenvalue weighted by atomic mass is 14.7. The van der Waals surface area contributed by atoms with Gasteiger partial charge in [-0.15, -0.1) is 0 Å². The molecule has 0 aliphatic heterocycles. The fourth-order valence-corrected chi connectivity index (χ4v) is 0.568. The van der Waals surface area contributed by atoms with Crippen LogP contribution in [0, 0.1) is 0 Å². The summed E-state index contributed by atoms with van der Waals surface area (Å²) >= 11 is 0. The standard InChI is InChI=1S/C6H15N2/c1-2-3-4-6(8)5-7/h6-7H,2-5,8H2,1H3. The molecule has 1 atom stereocenters. The topological polar surface area (TPSA) is 49.8 Å². The molecule has 1 unspecified atom stereocenters. The molecule has 0 aromatic carbocycles. The molecular weight excluding hydrogens is 100 g/mol. The van der Waals surface area contributed by atoms with Gasteiger partial charge in [-0.2, -0.15) is 0 Å². The van der Waals surface area contributed by atoms with E-state index in [-0.39, 0.29) is 6.04 Å². The van der Waals surface area contributed by atoms with Crippen LogP contribution in [0.4, 0.5) is 0 Å².